The Balaban J connectivity index is 2.12. The highest BCUT2D eigenvalue weighted by atomic mass is 16.2. The summed E-state index contributed by atoms with van der Waals surface area (Å²) >= 11 is 0. The fraction of sp³-hybridized carbons (Fsp3) is 0.647. The zero-order valence-electron chi connectivity index (χ0n) is 15.8. The second-order valence-corrected chi connectivity index (χ2v) is 6.79. The highest BCUT2D eigenvalue weighted by molar-refractivity contribution is 5.77. The van der Waals surface area contributed by atoms with Crippen molar-refractivity contribution >= 4 is 11.7 Å². The second-order valence-electron chi connectivity index (χ2n) is 6.79. The van der Waals surface area contributed by atoms with Crippen LogP contribution >= 0.6 is 0 Å². The lowest BCUT2D eigenvalue weighted by molar-refractivity contribution is -0.122. The number of piperidine rings is 1. The highest BCUT2D eigenvalue weighted by Crippen LogP contribution is 2.21. The Kier molecular flexibility index (Phi) is 6.21. The summed E-state index contributed by atoms with van der Waals surface area (Å²) in [5, 5.41) is 12.0. The van der Waals surface area contributed by atoms with Crippen LogP contribution in [0.15, 0.2) is 9.59 Å². The van der Waals surface area contributed by atoms with E-state index < -0.39 is 11.2 Å². The summed E-state index contributed by atoms with van der Waals surface area (Å²) in [6.07, 6.45) is 1.84. The Hall–Kier alpha value is -2.60. The lowest BCUT2D eigenvalue weighted by atomic mass is 9.96. The largest absolute Gasteiger partial charge is 0.359 e. The van der Waals surface area contributed by atoms with Gasteiger partial charge in [-0.3, -0.25) is 23.6 Å². The summed E-state index contributed by atoms with van der Waals surface area (Å²) in [6, 6.07) is 1.94. The molecule has 1 aromatic rings. The summed E-state index contributed by atoms with van der Waals surface area (Å²) in [6.45, 7) is 2.70. The third-order valence-corrected chi connectivity index (χ3v) is 4.99. The van der Waals surface area contributed by atoms with E-state index in [1.807, 2.05) is 11.0 Å². The third-order valence-electron chi connectivity index (χ3n) is 4.99. The predicted molar refractivity (Wildman–Crippen MR) is 98.1 cm³/mol. The van der Waals surface area contributed by atoms with E-state index in [2.05, 4.69) is 10.2 Å². The van der Waals surface area contributed by atoms with E-state index in [1.165, 1.54) is 11.6 Å². The number of hydrogen-bond acceptors (Lipinski definition) is 6. The van der Waals surface area contributed by atoms with Crippen LogP contribution < -0.4 is 21.5 Å². The SMILES string of the molecule is CNC(=O)CN1CCC(CN(C)c2c(C#N)c(=O)n(C)c(=O)n2C)CC1. The van der Waals surface area contributed by atoms with Gasteiger partial charge in [0.25, 0.3) is 5.56 Å². The molecule has 1 aliphatic heterocycles. The number of carbonyl (C=O) groups excluding carboxylic acids is 1. The second kappa shape index (κ2) is 8.19. The maximum absolute atomic E-state index is 12.2. The van der Waals surface area contributed by atoms with Gasteiger partial charge in [-0.15, -0.1) is 0 Å². The molecule has 0 spiro atoms. The van der Waals surface area contributed by atoms with Crippen LogP contribution in [0, 0.1) is 17.2 Å². The van der Waals surface area contributed by atoms with Crippen LogP contribution in [-0.2, 0) is 18.9 Å². The summed E-state index contributed by atoms with van der Waals surface area (Å²) in [5.41, 5.74) is -1.04. The first-order valence-corrected chi connectivity index (χ1v) is 8.64. The van der Waals surface area contributed by atoms with Crippen LogP contribution in [0.4, 0.5) is 5.82 Å². The lowest BCUT2D eigenvalue weighted by Gasteiger charge is -2.34. The average Bonchev–Trinajstić information content (AvgIpc) is 2.64. The molecule has 0 aromatic carbocycles. The van der Waals surface area contributed by atoms with Gasteiger partial charge in [-0.1, -0.05) is 0 Å². The first-order chi connectivity index (χ1) is 12.3. The smallest absolute Gasteiger partial charge is 0.332 e. The molecule has 1 amide bonds. The predicted octanol–water partition coefficient (Wildman–Crippen LogP) is -1.15. The lowest BCUT2D eigenvalue weighted by Crippen LogP contribution is -2.44. The molecule has 142 valence electrons. The molecule has 0 atom stereocenters. The van der Waals surface area contributed by atoms with Crippen LogP contribution in [0.5, 0.6) is 0 Å². The quantitative estimate of drug-likeness (QED) is 0.709. The highest BCUT2D eigenvalue weighted by Gasteiger charge is 2.24. The van der Waals surface area contributed by atoms with Crippen LogP contribution in [0.2, 0.25) is 0 Å². The minimum Gasteiger partial charge on any atom is -0.359 e. The van der Waals surface area contributed by atoms with Crippen molar-refractivity contribution in [1.82, 2.24) is 19.4 Å². The van der Waals surface area contributed by atoms with Gasteiger partial charge in [-0.05, 0) is 31.8 Å². The molecule has 0 unspecified atom stereocenters. The minimum atomic E-state index is -0.571. The number of likely N-dealkylation sites (N-methyl/N-ethyl adjacent to an activating group) is 1. The monoisotopic (exact) mass is 362 g/mol. The maximum Gasteiger partial charge on any atom is 0.332 e. The molecule has 9 heteroatoms. The molecular formula is C17H26N6O3. The van der Waals surface area contributed by atoms with E-state index in [0.717, 1.165) is 30.5 Å². The molecule has 9 nitrogen and oxygen atoms in total. The van der Waals surface area contributed by atoms with Gasteiger partial charge in [0.2, 0.25) is 5.91 Å². The number of nitriles is 1. The van der Waals surface area contributed by atoms with Crippen molar-refractivity contribution in [2.24, 2.45) is 20.0 Å². The van der Waals surface area contributed by atoms with Crippen molar-refractivity contribution in [2.75, 3.05) is 45.2 Å². The van der Waals surface area contributed by atoms with Crippen molar-refractivity contribution in [1.29, 1.82) is 5.26 Å². The molecule has 0 bridgehead atoms. The van der Waals surface area contributed by atoms with Crippen LogP contribution in [-0.4, -0.2) is 60.2 Å². The molecule has 0 saturated carbocycles. The first-order valence-electron chi connectivity index (χ1n) is 8.64. The number of hydrogen-bond donors (Lipinski definition) is 1. The molecule has 1 saturated heterocycles. The average molecular weight is 362 g/mol. The molecule has 26 heavy (non-hydrogen) atoms. The zero-order valence-corrected chi connectivity index (χ0v) is 15.8. The van der Waals surface area contributed by atoms with Crippen LogP contribution in [0.1, 0.15) is 18.4 Å². The minimum absolute atomic E-state index is 0.00867. The fourth-order valence-corrected chi connectivity index (χ4v) is 3.46. The number of aromatic nitrogens is 2. The number of nitrogens with zero attached hydrogens (tertiary/aromatic N) is 5. The summed E-state index contributed by atoms with van der Waals surface area (Å²) in [7, 11) is 6.37. The van der Waals surface area contributed by atoms with Gasteiger partial charge in [0.1, 0.15) is 11.9 Å². The fourth-order valence-electron chi connectivity index (χ4n) is 3.46. The van der Waals surface area contributed by atoms with E-state index in [-0.39, 0.29) is 11.5 Å². The number of nitrogens with one attached hydrogen (secondary N) is 1. The molecule has 1 aromatic heterocycles. The maximum atomic E-state index is 12.2. The van der Waals surface area contributed by atoms with Gasteiger partial charge in [0.05, 0.1) is 6.54 Å². The summed E-state index contributed by atoms with van der Waals surface area (Å²) < 4.78 is 2.30. The standard InChI is InChI=1S/C17H26N6O3/c1-19-14(24)11-23-7-5-12(6-8-23)10-20(2)15-13(9-18)16(25)22(4)17(26)21(15)3/h12H,5-8,10-11H2,1-4H3,(H,19,24). The Bertz CT molecular complexity index is 827. The van der Waals surface area contributed by atoms with Crippen LogP contribution in [0.3, 0.4) is 0 Å². The summed E-state index contributed by atoms with van der Waals surface area (Å²) in [4.78, 5) is 39.8. The van der Waals surface area contributed by atoms with E-state index in [9.17, 15) is 19.6 Å². The zero-order chi connectivity index (χ0) is 19.4. The molecule has 1 N–H and O–H groups in total. The Morgan fingerprint density at radius 3 is 2.42 bits per heavy atom. The summed E-state index contributed by atoms with van der Waals surface area (Å²) in [5.74, 6) is 0.731. The van der Waals surface area contributed by atoms with Crippen molar-refractivity contribution in [3.63, 3.8) is 0 Å². The van der Waals surface area contributed by atoms with Crippen molar-refractivity contribution in [2.45, 2.75) is 12.8 Å². The van der Waals surface area contributed by atoms with Crippen molar-refractivity contribution < 1.29 is 4.79 Å². The van der Waals surface area contributed by atoms with Crippen molar-refractivity contribution in [3.05, 3.63) is 26.4 Å². The van der Waals surface area contributed by atoms with Gasteiger partial charge in [-0.2, -0.15) is 5.26 Å². The molecule has 0 aliphatic carbocycles. The van der Waals surface area contributed by atoms with E-state index in [1.54, 1.807) is 21.1 Å². The third kappa shape index (κ3) is 3.96. The Morgan fingerprint density at radius 2 is 1.88 bits per heavy atom. The topological polar surface area (TPSA) is 103 Å². The van der Waals surface area contributed by atoms with Crippen LogP contribution in [0.25, 0.3) is 0 Å². The Labute approximate surface area is 152 Å². The van der Waals surface area contributed by atoms with Gasteiger partial charge >= 0.3 is 5.69 Å². The number of anilines is 1. The molecule has 2 heterocycles. The van der Waals surface area contributed by atoms with Gasteiger partial charge < -0.3 is 10.2 Å². The van der Waals surface area contributed by atoms with E-state index in [0.29, 0.717) is 24.8 Å². The van der Waals surface area contributed by atoms with E-state index >= 15 is 0 Å². The molecule has 0 radical (unpaired) electrons. The first kappa shape index (κ1) is 19.7. The van der Waals surface area contributed by atoms with E-state index in [4.69, 9.17) is 0 Å². The molecular weight excluding hydrogens is 336 g/mol. The normalized spacial score (nSPS) is 15.5. The number of likely N-dealkylation sites (tertiary alicyclic amines) is 1. The Morgan fingerprint density at radius 1 is 1.27 bits per heavy atom. The van der Waals surface area contributed by atoms with Gasteiger partial charge in [0.15, 0.2) is 5.56 Å². The van der Waals surface area contributed by atoms with Gasteiger partial charge in [-0.25, -0.2) is 4.79 Å². The molecule has 1 fully saturated rings. The number of amides is 1. The number of rotatable bonds is 5. The van der Waals surface area contributed by atoms with Crippen molar-refractivity contribution in [3.8, 4) is 6.07 Å². The molecule has 1 aliphatic rings. The number of carbonyl (C=O) groups is 1. The molecule has 2 rings (SSSR count). The van der Waals surface area contributed by atoms with Gasteiger partial charge in [0, 0.05) is 34.7 Å².